The summed E-state index contributed by atoms with van der Waals surface area (Å²) >= 11 is 0. The fraction of sp³-hybridized carbons (Fsp3) is 0.632. The Morgan fingerprint density at radius 2 is 1.77 bits per heavy atom. The van der Waals surface area contributed by atoms with E-state index in [-0.39, 0.29) is 6.32 Å². The fourth-order valence-electron chi connectivity index (χ4n) is 3.85. The van der Waals surface area contributed by atoms with Gasteiger partial charge in [-0.2, -0.15) is 0 Å². The van der Waals surface area contributed by atoms with E-state index in [1.54, 1.807) is 7.05 Å². The van der Waals surface area contributed by atoms with Crippen LogP contribution in [0.15, 0.2) is 24.3 Å². The summed E-state index contributed by atoms with van der Waals surface area (Å²) in [5.41, 5.74) is 1.87. The third-order valence-electron chi connectivity index (χ3n) is 5.47. The molecule has 0 radical (unpaired) electrons. The minimum absolute atomic E-state index is 0.281. The summed E-state index contributed by atoms with van der Waals surface area (Å²) in [7, 11) is 0.374. The fourth-order valence-corrected chi connectivity index (χ4v) is 3.85. The van der Waals surface area contributed by atoms with E-state index in [0.29, 0.717) is 31.7 Å². The van der Waals surface area contributed by atoms with Crippen LogP contribution in [0.2, 0.25) is 6.32 Å². The monoisotopic (exact) mass is 362 g/mol. The topological polar surface area (TPSA) is 102 Å². The lowest BCUT2D eigenvalue weighted by Crippen LogP contribution is -2.50. The zero-order valence-corrected chi connectivity index (χ0v) is 15.6. The number of hydrogen-bond acceptors (Lipinski definition) is 5. The molecule has 1 aromatic carbocycles. The van der Waals surface area contributed by atoms with E-state index in [1.807, 2.05) is 0 Å². The number of benzene rings is 1. The molecule has 0 heterocycles. The largest absolute Gasteiger partial charge is 0.480 e. The molecule has 5 N–H and O–H groups in total. The second-order valence-corrected chi connectivity index (χ2v) is 7.30. The molecule has 6 nitrogen and oxygen atoms in total. The predicted molar refractivity (Wildman–Crippen MR) is 103 cm³/mol. The highest BCUT2D eigenvalue weighted by Crippen LogP contribution is 2.23. The Labute approximate surface area is 156 Å². The molecular formula is C19H31BN2O4. The molecule has 2 rings (SSSR count). The Balaban J connectivity index is 1.74. The molecule has 7 heteroatoms. The van der Waals surface area contributed by atoms with Gasteiger partial charge in [-0.05, 0) is 63.1 Å². The lowest BCUT2D eigenvalue weighted by molar-refractivity contribution is -0.145. The van der Waals surface area contributed by atoms with Crippen LogP contribution in [-0.4, -0.2) is 53.4 Å². The number of likely N-dealkylation sites (N-methyl/N-ethyl adjacent to an activating group) is 1. The van der Waals surface area contributed by atoms with Crippen LogP contribution in [-0.2, 0) is 17.6 Å². The third-order valence-corrected chi connectivity index (χ3v) is 5.47. The molecule has 144 valence electrons. The third kappa shape index (κ3) is 5.81. The number of unbranched alkanes of at least 4 members (excludes halogenated alkanes) is 1. The Bertz CT molecular complexity index is 559. The van der Waals surface area contributed by atoms with E-state index >= 15 is 0 Å². The lowest BCUT2D eigenvalue weighted by Gasteiger charge is -2.29. The van der Waals surface area contributed by atoms with Crippen LogP contribution >= 0.6 is 0 Å². The second kappa shape index (κ2) is 10.1. The van der Waals surface area contributed by atoms with Crippen molar-refractivity contribution in [3.8, 4) is 0 Å². The van der Waals surface area contributed by atoms with Gasteiger partial charge in [0.05, 0.1) is 0 Å². The van der Waals surface area contributed by atoms with Crippen LogP contribution in [0, 0.1) is 0 Å². The van der Waals surface area contributed by atoms with Crippen molar-refractivity contribution in [2.24, 2.45) is 0 Å². The molecule has 1 aliphatic rings. The van der Waals surface area contributed by atoms with E-state index in [0.717, 1.165) is 25.8 Å². The number of rotatable bonds is 12. The van der Waals surface area contributed by atoms with Crippen molar-refractivity contribution in [2.45, 2.75) is 62.8 Å². The zero-order valence-electron chi connectivity index (χ0n) is 15.6. The van der Waals surface area contributed by atoms with E-state index in [2.05, 4.69) is 34.9 Å². The van der Waals surface area contributed by atoms with E-state index in [9.17, 15) is 9.90 Å². The van der Waals surface area contributed by atoms with Crippen LogP contribution in [0.25, 0.3) is 0 Å². The predicted octanol–water partition coefficient (Wildman–Crippen LogP) is 1.21. The van der Waals surface area contributed by atoms with Gasteiger partial charge in [0, 0.05) is 6.04 Å². The maximum Gasteiger partial charge on any atom is 0.451 e. The van der Waals surface area contributed by atoms with Crippen LogP contribution in [0.4, 0.5) is 0 Å². The molecule has 0 saturated heterocycles. The smallest absolute Gasteiger partial charge is 0.451 e. The standard InChI is InChI=1S/C19H31BN2O4/c1-21-19(18(23)24,9-4-5-11-20(25)26)10-6-12-22-17-13-15-7-2-3-8-16(15)14-17/h2-3,7-8,17,21-22,25-26H,4-6,9-14H2,1H3,(H,23,24). The minimum atomic E-state index is -1.32. The molecule has 1 atom stereocenters. The van der Waals surface area contributed by atoms with Gasteiger partial charge in [-0.25, -0.2) is 0 Å². The summed E-state index contributed by atoms with van der Waals surface area (Å²) in [4.78, 5) is 11.8. The van der Waals surface area contributed by atoms with Crippen LogP contribution in [0.5, 0.6) is 0 Å². The average molecular weight is 362 g/mol. The van der Waals surface area contributed by atoms with Gasteiger partial charge in [0.2, 0.25) is 0 Å². The van der Waals surface area contributed by atoms with Crippen molar-refractivity contribution in [2.75, 3.05) is 13.6 Å². The van der Waals surface area contributed by atoms with Crippen molar-refractivity contribution < 1.29 is 19.9 Å². The van der Waals surface area contributed by atoms with E-state index < -0.39 is 18.6 Å². The van der Waals surface area contributed by atoms with Gasteiger partial charge in [0.25, 0.3) is 0 Å². The number of carboxylic acid groups (broad SMARTS) is 1. The van der Waals surface area contributed by atoms with E-state index in [1.165, 1.54) is 11.1 Å². The van der Waals surface area contributed by atoms with Crippen LogP contribution < -0.4 is 10.6 Å². The molecule has 0 spiro atoms. The number of fused-ring (bicyclic) bond motifs is 1. The minimum Gasteiger partial charge on any atom is -0.480 e. The first-order valence-electron chi connectivity index (χ1n) is 9.55. The lowest BCUT2D eigenvalue weighted by atomic mass is 9.81. The molecule has 0 fully saturated rings. The summed E-state index contributed by atoms with van der Waals surface area (Å²) in [6.45, 7) is 0.796. The maximum absolute atomic E-state index is 11.8. The molecule has 0 aliphatic heterocycles. The van der Waals surface area contributed by atoms with Gasteiger partial charge in [-0.3, -0.25) is 4.79 Å². The molecular weight excluding hydrogens is 331 g/mol. The highest BCUT2D eigenvalue weighted by atomic mass is 16.4. The van der Waals surface area contributed by atoms with Crippen LogP contribution in [0.1, 0.15) is 43.2 Å². The van der Waals surface area contributed by atoms with Crippen molar-refractivity contribution in [3.05, 3.63) is 35.4 Å². The van der Waals surface area contributed by atoms with Gasteiger partial charge < -0.3 is 25.8 Å². The van der Waals surface area contributed by atoms with E-state index in [4.69, 9.17) is 10.0 Å². The Morgan fingerprint density at radius 3 is 2.31 bits per heavy atom. The molecule has 1 unspecified atom stereocenters. The first kappa shape index (κ1) is 20.9. The van der Waals surface area contributed by atoms with Gasteiger partial charge in [0.15, 0.2) is 0 Å². The molecule has 1 aromatic rings. The SMILES string of the molecule is CNC(CCCCB(O)O)(CCCNC1Cc2ccccc2C1)C(=O)O. The molecule has 0 saturated carbocycles. The summed E-state index contributed by atoms with van der Waals surface area (Å²) < 4.78 is 0. The normalized spacial score (nSPS) is 16.3. The average Bonchev–Trinajstić information content (AvgIpc) is 3.03. The molecule has 26 heavy (non-hydrogen) atoms. The van der Waals surface area contributed by atoms with Crippen molar-refractivity contribution in [1.29, 1.82) is 0 Å². The maximum atomic E-state index is 11.8. The summed E-state index contributed by atoms with van der Waals surface area (Å²) in [6.07, 6.45) is 5.42. The van der Waals surface area contributed by atoms with Crippen LogP contribution in [0.3, 0.4) is 0 Å². The summed E-state index contributed by atoms with van der Waals surface area (Å²) in [5, 5.41) is 34.0. The number of aliphatic carboxylic acids is 1. The van der Waals surface area contributed by atoms with Crippen molar-refractivity contribution in [1.82, 2.24) is 10.6 Å². The second-order valence-electron chi connectivity index (χ2n) is 7.30. The van der Waals surface area contributed by atoms with Gasteiger partial charge in [0.1, 0.15) is 5.54 Å². The zero-order chi connectivity index (χ0) is 19.0. The molecule has 1 aliphatic carbocycles. The number of nitrogens with one attached hydrogen (secondary N) is 2. The number of carboxylic acids is 1. The molecule has 0 aromatic heterocycles. The highest BCUT2D eigenvalue weighted by molar-refractivity contribution is 6.40. The number of hydrogen-bond donors (Lipinski definition) is 5. The van der Waals surface area contributed by atoms with Gasteiger partial charge >= 0.3 is 13.1 Å². The Hall–Kier alpha value is -1.41. The Kier molecular flexibility index (Phi) is 8.09. The summed E-state index contributed by atoms with van der Waals surface area (Å²) in [6, 6.07) is 8.94. The van der Waals surface area contributed by atoms with Crippen molar-refractivity contribution >= 4 is 13.1 Å². The highest BCUT2D eigenvalue weighted by Gasteiger charge is 2.35. The first-order chi connectivity index (χ1) is 12.5. The summed E-state index contributed by atoms with van der Waals surface area (Å²) in [5.74, 6) is -0.835. The Morgan fingerprint density at radius 1 is 1.15 bits per heavy atom. The quantitative estimate of drug-likeness (QED) is 0.283. The van der Waals surface area contributed by atoms with Gasteiger partial charge in [-0.15, -0.1) is 0 Å². The van der Waals surface area contributed by atoms with Gasteiger partial charge in [-0.1, -0.05) is 37.1 Å². The molecule has 0 bridgehead atoms. The molecule has 0 amide bonds. The number of carbonyl (C=O) groups is 1. The van der Waals surface area contributed by atoms with Crippen molar-refractivity contribution in [3.63, 3.8) is 0 Å². The first-order valence-corrected chi connectivity index (χ1v) is 9.55.